The molecule has 2 aliphatic rings. The third-order valence-corrected chi connectivity index (χ3v) is 4.34. The van der Waals surface area contributed by atoms with Crippen LogP contribution < -0.4 is 5.32 Å². The number of aliphatic carboxylic acids is 1. The normalized spacial score (nSPS) is 24.7. The maximum atomic E-state index is 12.2. The minimum atomic E-state index is -0.735. The molecule has 1 saturated heterocycles. The minimum Gasteiger partial charge on any atom is -0.481 e. The van der Waals surface area contributed by atoms with Gasteiger partial charge in [-0.05, 0) is 32.1 Å². The van der Waals surface area contributed by atoms with E-state index < -0.39 is 5.97 Å². The lowest BCUT2D eigenvalue weighted by Gasteiger charge is -2.37. The van der Waals surface area contributed by atoms with Crippen molar-refractivity contribution >= 4 is 12.0 Å². The third kappa shape index (κ3) is 4.88. The predicted molar refractivity (Wildman–Crippen MR) is 78.2 cm³/mol. The molecule has 6 heteroatoms. The lowest BCUT2D eigenvalue weighted by Crippen LogP contribution is -2.54. The van der Waals surface area contributed by atoms with Crippen molar-refractivity contribution in [3.05, 3.63) is 0 Å². The quantitative estimate of drug-likeness (QED) is 0.704. The highest BCUT2D eigenvalue weighted by atomic mass is 16.5. The molecule has 2 amide bonds. The van der Waals surface area contributed by atoms with Crippen molar-refractivity contribution in [3.63, 3.8) is 0 Å². The molecule has 2 fully saturated rings. The molecule has 0 aromatic heterocycles. The number of carboxylic acids is 1. The van der Waals surface area contributed by atoms with Crippen LogP contribution in [0.5, 0.6) is 0 Å². The molecule has 0 aromatic rings. The Bertz CT molecular complexity index is 362. The molecule has 2 rings (SSSR count). The number of unbranched alkanes of at least 4 members (excludes halogenated alkanes) is 3. The van der Waals surface area contributed by atoms with Gasteiger partial charge in [0, 0.05) is 19.5 Å². The molecule has 0 aromatic carbocycles. The highest BCUT2D eigenvalue weighted by molar-refractivity contribution is 5.74. The van der Waals surface area contributed by atoms with Crippen LogP contribution in [-0.4, -0.2) is 53.8 Å². The molecular formula is C15H26N2O4. The maximum absolute atomic E-state index is 12.2. The van der Waals surface area contributed by atoms with Crippen molar-refractivity contribution in [3.8, 4) is 0 Å². The zero-order chi connectivity index (χ0) is 15.1. The number of rotatable bonds is 7. The minimum absolute atomic E-state index is 0.0285. The smallest absolute Gasteiger partial charge is 0.317 e. The van der Waals surface area contributed by atoms with Crippen molar-refractivity contribution in [2.75, 3.05) is 19.7 Å². The zero-order valence-corrected chi connectivity index (χ0v) is 12.6. The Hall–Kier alpha value is -1.30. The summed E-state index contributed by atoms with van der Waals surface area (Å²) in [6, 6.07) is 0.287. The number of amides is 2. The number of urea groups is 1. The number of hydrogen-bond donors (Lipinski definition) is 2. The van der Waals surface area contributed by atoms with Crippen LogP contribution in [0.25, 0.3) is 0 Å². The standard InChI is InChI=1S/C15H26N2O4/c18-14(19)8-3-1-2-4-9-16-15(20)17-10-11-21-13-7-5-6-12(13)17/h12-13H,1-11H2,(H,16,20)(H,18,19). The lowest BCUT2D eigenvalue weighted by molar-refractivity contribution is -0.137. The van der Waals surface area contributed by atoms with E-state index in [0.29, 0.717) is 19.7 Å². The highest BCUT2D eigenvalue weighted by Gasteiger charge is 2.38. The number of nitrogens with one attached hydrogen (secondary N) is 1. The molecular weight excluding hydrogens is 272 g/mol. The van der Waals surface area contributed by atoms with Crippen LogP contribution in [0.15, 0.2) is 0 Å². The fourth-order valence-corrected chi connectivity index (χ4v) is 3.23. The molecule has 2 N–H and O–H groups in total. The van der Waals surface area contributed by atoms with E-state index in [9.17, 15) is 9.59 Å². The van der Waals surface area contributed by atoms with Gasteiger partial charge in [0.2, 0.25) is 0 Å². The van der Waals surface area contributed by atoms with Gasteiger partial charge < -0.3 is 20.1 Å². The first kappa shape index (κ1) is 16.1. The van der Waals surface area contributed by atoms with E-state index in [0.717, 1.165) is 44.9 Å². The number of nitrogens with zero attached hydrogens (tertiary/aromatic N) is 1. The van der Waals surface area contributed by atoms with Gasteiger partial charge in [-0.25, -0.2) is 4.79 Å². The molecule has 1 aliphatic carbocycles. The predicted octanol–water partition coefficient (Wildman–Crippen LogP) is 1.98. The summed E-state index contributed by atoms with van der Waals surface area (Å²) in [4.78, 5) is 24.5. The van der Waals surface area contributed by atoms with E-state index in [2.05, 4.69) is 5.32 Å². The Kier molecular flexibility index (Phi) is 6.29. The monoisotopic (exact) mass is 298 g/mol. The lowest BCUT2D eigenvalue weighted by atomic mass is 10.1. The summed E-state index contributed by atoms with van der Waals surface area (Å²) in [5, 5.41) is 11.5. The van der Waals surface area contributed by atoms with Gasteiger partial charge in [-0.2, -0.15) is 0 Å². The number of fused-ring (bicyclic) bond motifs is 1. The number of morpholine rings is 1. The first-order valence-electron chi connectivity index (χ1n) is 8.06. The molecule has 1 aliphatic heterocycles. The van der Waals surface area contributed by atoms with E-state index in [1.165, 1.54) is 0 Å². The van der Waals surface area contributed by atoms with Gasteiger partial charge in [0.1, 0.15) is 0 Å². The van der Waals surface area contributed by atoms with Crippen LogP contribution in [0.1, 0.15) is 51.4 Å². The summed E-state index contributed by atoms with van der Waals surface area (Å²) >= 11 is 0. The summed E-state index contributed by atoms with van der Waals surface area (Å²) in [5.74, 6) is -0.735. The van der Waals surface area contributed by atoms with E-state index in [1.807, 2.05) is 4.90 Å². The van der Waals surface area contributed by atoms with Gasteiger partial charge >= 0.3 is 12.0 Å². The number of carbonyl (C=O) groups excluding carboxylic acids is 1. The van der Waals surface area contributed by atoms with Gasteiger partial charge in [-0.1, -0.05) is 12.8 Å². The topological polar surface area (TPSA) is 78.9 Å². The van der Waals surface area contributed by atoms with Gasteiger partial charge in [0.05, 0.1) is 18.8 Å². The van der Waals surface area contributed by atoms with Crippen molar-refractivity contribution in [2.24, 2.45) is 0 Å². The number of carbonyl (C=O) groups is 2. The molecule has 6 nitrogen and oxygen atoms in total. The molecule has 120 valence electrons. The number of ether oxygens (including phenoxy) is 1. The first-order chi connectivity index (χ1) is 10.2. The van der Waals surface area contributed by atoms with Crippen LogP contribution in [-0.2, 0) is 9.53 Å². The van der Waals surface area contributed by atoms with Gasteiger partial charge in [-0.3, -0.25) is 4.79 Å². The van der Waals surface area contributed by atoms with Crippen molar-refractivity contribution < 1.29 is 19.4 Å². The van der Waals surface area contributed by atoms with Crippen LogP contribution in [0.4, 0.5) is 4.79 Å². The van der Waals surface area contributed by atoms with Gasteiger partial charge in [-0.15, -0.1) is 0 Å². The van der Waals surface area contributed by atoms with E-state index in [-0.39, 0.29) is 24.6 Å². The van der Waals surface area contributed by atoms with Crippen LogP contribution >= 0.6 is 0 Å². The zero-order valence-electron chi connectivity index (χ0n) is 12.6. The van der Waals surface area contributed by atoms with Crippen LogP contribution in [0.3, 0.4) is 0 Å². The molecule has 2 atom stereocenters. The van der Waals surface area contributed by atoms with Crippen LogP contribution in [0.2, 0.25) is 0 Å². The van der Waals surface area contributed by atoms with Crippen molar-refractivity contribution in [1.82, 2.24) is 10.2 Å². The summed E-state index contributed by atoms with van der Waals surface area (Å²) in [6.07, 6.45) is 7.23. The van der Waals surface area contributed by atoms with E-state index in [1.54, 1.807) is 0 Å². The number of hydrogen-bond acceptors (Lipinski definition) is 3. The van der Waals surface area contributed by atoms with Gasteiger partial charge in [0.25, 0.3) is 0 Å². The summed E-state index contributed by atoms with van der Waals surface area (Å²) in [5.41, 5.74) is 0. The second kappa shape index (κ2) is 8.22. The molecule has 2 unspecified atom stereocenters. The fourth-order valence-electron chi connectivity index (χ4n) is 3.23. The summed E-state index contributed by atoms with van der Waals surface area (Å²) in [6.45, 7) is 2.00. The Morgan fingerprint density at radius 1 is 1.19 bits per heavy atom. The second-order valence-electron chi connectivity index (χ2n) is 5.89. The first-order valence-corrected chi connectivity index (χ1v) is 8.06. The molecule has 0 radical (unpaired) electrons. The van der Waals surface area contributed by atoms with Crippen molar-refractivity contribution in [1.29, 1.82) is 0 Å². The van der Waals surface area contributed by atoms with E-state index >= 15 is 0 Å². The Morgan fingerprint density at radius 2 is 2.00 bits per heavy atom. The third-order valence-electron chi connectivity index (χ3n) is 4.34. The second-order valence-corrected chi connectivity index (χ2v) is 5.89. The summed E-state index contributed by atoms with van der Waals surface area (Å²) in [7, 11) is 0. The van der Waals surface area contributed by atoms with E-state index in [4.69, 9.17) is 9.84 Å². The average Bonchev–Trinajstić information content (AvgIpc) is 2.93. The summed E-state index contributed by atoms with van der Waals surface area (Å²) < 4.78 is 5.70. The molecule has 1 heterocycles. The van der Waals surface area contributed by atoms with Crippen LogP contribution in [0, 0.1) is 0 Å². The molecule has 1 saturated carbocycles. The van der Waals surface area contributed by atoms with Gasteiger partial charge in [0.15, 0.2) is 0 Å². The molecule has 0 bridgehead atoms. The SMILES string of the molecule is O=C(O)CCCCCCNC(=O)N1CCOC2CCCC21. The molecule has 21 heavy (non-hydrogen) atoms. The average molecular weight is 298 g/mol. The van der Waals surface area contributed by atoms with Crippen molar-refractivity contribution in [2.45, 2.75) is 63.5 Å². The number of carboxylic acid groups (broad SMARTS) is 1. The maximum Gasteiger partial charge on any atom is 0.317 e. The Labute approximate surface area is 125 Å². The fraction of sp³-hybridized carbons (Fsp3) is 0.867. The molecule has 0 spiro atoms. The Balaban J connectivity index is 1.58. The largest absolute Gasteiger partial charge is 0.481 e. The highest BCUT2D eigenvalue weighted by Crippen LogP contribution is 2.29. The Morgan fingerprint density at radius 3 is 2.81 bits per heavy atom.